The Morgan fingerprint density at radius 1 is 1.06 bits per heavy atom. The lowest BCUT2D eigenvalue weighted by atomic mass is 9.46. The van der Waals surface area contributed by atoms with Crippen molar-refractivity contribution in [2.75, 3.05) is 6.54 Å². The van der Waals surface area contributed by atoms with Gasteiger partial charge in [0.15, 0.2) is 0 Å². The first kappa shape index (κ1) is 25.6. The third-order valence-electron chi connectivity index (χ3n) is 9.41. The quantitative estimate of drug-likeness (QED) is 0.320. The number of carbonyl (C=O) groups is 1. The molecule has 1 amide bonds. The highest BCUT2D eigenvalue weighted by Crippen LogP contribution is 2.62. The summed E-state index contributed by atoms with van der Waals surface area (Å²) in [5.74, 6) is 2.11. The predicted octanol–water partition coefficient (Wildman–Crippen LogP) is 8.38. The van der Waals surface area contributed by atoms with Crippen LogP contribution in [-0.2, 0) is 4.79 Å². The molecular formula is C30H51NO. The van der Waals surface area contributed by atoms with Crippen molar-refractivity contribution in [1.82, 2.24) is 5.32 Å². The topological polar surface area (TPSA) is 29.1 Å². The zero-order valence-corrected chi connectivity index (χ0v) is 21.9. The van der Waals surface area contributed by atoms with Gasteiger partial charge >= 0.3 is 0 Å². The Kier molecular flexibility index (Phi) is 9.10. The normalized spacial score (nSPS) is 32.1. The number of hydrogen-bond acceptors (Lipinski definition) is 1. The fraction of sp³-hybridized carbons (Fsp3) is 0.833. The third kappa shape index (κ3) is 5.53. The number of rotatable bonds is 11. The van der Waals surface area contributed by atoms with Crippen LogP contribution < -0.4 is 5.32 Å². The lowest BCUT2D eigenvalue weighted by Gasteiger charge is -2.57. The maximum absolute atomic E-state index is 13.5. The minimum absolute atomic E-state index is 0.211. The lowest BCUT2D eigenvalue weighted by Crippen LogP contribution is -2.55. The van der Waals surface area contributed by atoms with E-state index in [-0.39, 0.29) is 10.8 Å². The van der Waals surface area contributed by atoms with E-state index in [2.05, 4.69) is 52.1 Å². The molecule has 3 aliphatic carbocycles. The van der Waals surface area contributed by atoms with Gasteiger partial charge in [-0.15, -0.1) is 0 Å². The largest absolute Gasteiger partial charge is 0.356 e. The number of amides is 1. The molecule has 3 aliphatic rings. The van der Waals surface area contributed by atoms with Crippen LogP contribution in [0, 0.1) is 28.6 Å². The molecule has 0 aromatic rings. The van der Waals surface area contributed by atoms with Gasteiger partial charge in [0.1, 0.15) is 0 Å². The highest BCUT2D eigenvalue weighted by molar-refractivity contribution is 5.83. The molecule has 0 aromatic heterocycles. The van der Waals surface area contributed by atoms with Gasteiger partial charge in [0.05, 0.1) is 5.41 Å². The first-order chi connectivity index (χ1) is 15.3. The molecule has 0 bridgehead atoms. The summed E-state index contributed by atoms with van der Waals surface area (Å²) in [6.07, 6.45) is 22.7. The Morgan fingerprint density at radius 3 is 2.44 bits per heavy atom. The molecule has 2 heteroatoms. The van der Waals surface area contributed by atoms with Gasteiger partial charge in [0, 0.05) is 6.54 Å². The van der Waals surface area contributed by atoms with E-state index < -0.39 is 0 Å². The van der Waals surface area contributed by atoms with E-state index in [4.69, 9.17) is 0 Å². The van der Waals surface area contributed by atoms with Crippen molar-refractivity contribution in [2.24, 2.45) is 28.6 Å². The first-order valence-corrected chi connectivity index (χ1v) is 14.0. The molecule has 1 saturated carbocycles. The van der Waals surface area contributed by atoms with E-state index in [0.717, 1.165) is 25.8 Å². The Labute approximate surface area is 199 Å². The Bertz CT molecular complexity index is 689. The Hall–Kier alpha value is -1.05. The standard InChI is InChI=1S/C30H51NO/c1-6-7-8-9-10-11-12-13-21-31-28(32)30(5)20-14-19-29(4)26-17-15-24(23(2)3)22-25(26)16-18-27(29)30/h16,22-23,26-27H,6-15,17-21H2,1-5H3,(H,31,32)/t26-,27?,29-,30+/m1/s1. The number of allylic oxidation sites excluding steroid dienone is 4. The van der Waals surface area contributed by atoms with Crippen LogP contribution in [0.2, 0.25) is 0 Å². The summed E-state index contributed by atoms with van der Waals surface area (Å²) in [4.78, 5) is 13.5. The Balaban J connectivity index is 1.56. The Morgan fingerprint density at radius 2 is 1.75 bits per heavy atom. The predicted molar refractivity (Wildman–Crippen MR) is 138 cm³/mol. The molecule has 2 nitrogen and oxygen atoms in total. The monoisotopic (exact) mass is 441 g/mol. The van der Waals surface area contributed by atoms with E-state index in [1.165, 1.54) is 70.6 Å². The number of hydrogen-bond donors (Lipinski definition) is 1. The van der Waals surface area contributed by atoms with E-state index in [9.17, 15) is 4.79 Å². The third-order valence-corrected chi connectivity index (χ3v) is 9.41. The van der Waals surface area contributed by atoms with Crippen molar-refractivity contribution in [1.29, 1.82) is 0 Å². The smallest absolute Gasteiger partial charge is 0.226 e. The van der Waals surface area contributed by atoms with Gasteiger partial charge in [0.2, 0.25) is 5.91 Å². The van der Waals surface area contributed by atoms with Crippen LogP contribution in [0.15, 0.2) is 23.3 Å². The second-order valence-corrected chi connectivity index (χ2v) is 12.0. The summed E-state index contributed by atoms with van der Waals surface area (Å²) in [7, 11) is 0. The van der Waals surface area contributed by atoms with Crippen LogP contribution in [0.4, 0.5) is 0 Å². The van der Waals surface area contributed by atoms with E-state index in [1.54, 1.807) is 11.1 Å². The summed E-state index contributed by atoms with van der Waals surface area (Å²) >= 11 is 0. The fourth-order valence-corrected chi connectivity index (χ4v) is 7.28. The maximum Gasteiger partial charge on any atom is 0.226 e. The molecule has 0 radical (unpaired) electrons. The van der Waals surface area contributed by atoms with Gasteiger partial charge < -0.3 is 5.32 Å². The molecule has 0 aromatic carbocycles. The second kappa shape index (κ2) is 11.4. The molecular weight excluding hydrogens is 390 g/mol. The minimum Gasteiger partial charge on any atom is -0.356 e. The van der Waals surface area contributed by atoms with Crippen molar-refractivity contribution in [3.63, 3.8) is 0 Å². The highest BCUT2D eigenvalue weighted by Gasteiger charge is 2.56. The molecule has 4 atom stereocenters. The summed E-state index contributed by atoms with van der Waals surface area (Å²) < 4.78 is 0. The van der Waals surface area contributed by atoms with Crippen LogP contribution in [0.3, 0.4) is 0 Å². The molecule has 0 spiro atoms. The molecule has 182 valence electrons. The van der Waals surface area contributed by atoms with Crippen molar-refractivity contribution >= 4 is 5.91 Å². The zero-order chi connectivity index (χ0) is 23.2. The van der Waals surface area contributed by atoms with Crippen LogP contribution in [0.1, 0.15) is 125 Å². The van der Waals surface area contributed by atoms with Gasteiger partial charge in [-0.05, 0) is 67.3 Å². The number of nitrogens with one attached hydrogen (secondary N) is 1. The summed E-state index contributed by atoms with van der Waals surface area (Å²) in [5.41, 5.74) is 3.27. The van der Waals surface area contributed by atoms with Crippen LogP contribution >= 0.6 is 0 Å². The van der Waals surface area contributed by atoms with Gasteiger partial charge in [-0.2, -0.15) is 0 Å². The highest BCUT2D eigenvalue weighted by atomic mass is 16.2. The first-order valence-electron chi connectivity index (χ1n) is 14.0. The van der Waals surface area contributed by atoms with Crippen LogP contribution in [0.25, 0.3) is 0 Å². The molecule has 32 heavy (non-hydrogen) atoms. The van der Waals surface area contributed by atoms with E-state index in [1.807, 2.05) is 0 Å². The van der Waals surface area contributed by atoms with Crippen molar-refractivity contribution in [3.05, 3.63) is 23.3 Å². The van der Waals surface area contributed by atoms with Gasteiger partial charge in [-0.25, -0.2) is 0 Å². The van der Waals surface area contributed by atoms with Gasteiger partial charge in [-0.1, -0.05) is 104 Å². The van der Waals surface area contributed by atoms with Gasteiger partial charge in [0.25, 0.3) is 0 Å². The molecule has 1 fully saturated rings. The summed E-state index contributed by atoms with van der Waals surface area (Å²) in [6.45, 7) is 12.6. The average Bonchev–Trinajstić information content (AvgIpc) is 2.77. The van der Waals surface area contributed by atoms with Crippen molar-refractivity contribution in [2.45, 2.75) is 125 Å². The number of unbranched alkanes of at least 4 members (excludes halogenated alkanes) is 7. The molecule has 0 heterocycles. The summed E-state index contributed by atoms with van der Waals surface area (Å²) in [6, 6.07) is 0. The zero-order valence-electron chi connectivity index (χ0n) is 21.9. The number of fused-ring (bicyclic) bond motifs is 3. The van der Waals surface area contributed by atoms with Crippen molar-refractivity contribution < 1.29 is 4.79 Å². The van der Waals surface area contributed by atoms with Crippen molar-refractivity contribution in [3.8, 4) is 0 Å². The van der Waals surface area contributed by atoms with E-state index >= 15 is 0 Å². The fourth-order valence-electron chi connectivity index (χ4n) is 7.28. The van der Waals surface area contributed by atoms with E-state index in [0.29, 0.717) is 23.7 Å². The molecule has 1 unspecified atom stereocenters. The summed E-state index contributed by atoms with van der Waals surface area (Å²) in [5, 5.41) is 3.38. The minimum atomic E-state index is -0.211. The molecule has 0 aliphatic heterocycles. The SMILES string of the molecule is CCCCCCCCCCNC(=O)[C@@]1(C)CCC[C@@]2(C)C1CC=C1C=C(C(C)C)CC[C@H]12. The molecule has 0 saturated heterocycles. The van der Waals surface area contributed by atoms with Gasteiger partial charge in [-0.3, -0.25) is 4.79 Å². The average molecular weight is 442 g/mol. The number of carbonyl (C=O) groups excluding carboxylic acids is 1. The molecule has 1 N–H and O–H groups in total. The second-order valence-electron chi connectivity index (χ2n) is 12.0. The van der Waals surface area contributed by atoms with Crippen LogP contribution in [0.5, 0.6) is 0 Å². The maximum atomic E-state index is 13.5. The lowest BCUT2D eigenvalue weighted by molar-refractivity contribution is -0.144. The molecule has 3 rings (SSSR count). The van der Waals surface area contributed by atoms with Crippen LogP contribution in [-0.4, -0.2) is 12.5 Å².